The van der Waals surface area contributed by atoms with Gasteiger partial charge >= 0.3 is 0 Å². The van der Waals surface area contributed by atoms with Crippen molar-refractivity contribution in [3.8, 4) is 11.4 Å². The van der Waals surface area contributed by atoms with Gasteiger partial charge in [-0.15, -0.1) is 21.5 Å². The summed E-state index contributed by atoms with van der Waals surface area (Å²) in [7, 11) is 1.60. The maximum atomic E-state index is 13.9. The average Bonchev–Trinajstić information content (AvgIpc) is 3.51. The molecule has 1 aliphatic rings. The van der Waals surface area contributed by atoms with Crippen LogP contribution in [-0.4, -0.2) is 37.9 Å². The maximum absolute atomic E-state index is 13.9. The number of fused-ring (bicyclic) bond motifs is 5. The molecule has 1 amide bonds. The number of carbonyl (C=O) groups is 1. The van der Waals surface area contributed by atoms with E-state index in [-0.39, 0.29) is 17.2 Å². The zero-order valence-electron chi connectivity index (χ0n) is 19.9. The second-order valence-electron chi connectivity index (χ2n) is 8.69. The first-order valence-electron chi connectivity index (χ1n) is 11.8. The minimum Gasteiger partial charge on any atom is -0.497 e. The predicted octanol–water partition coefficient (Wildman–Crippen LogP) is 5.37. The molecule has 3 aromatic heterocycles. The normalized spacial score (nSPS) is 13.1. The topological polar surface area (TPSA) is 90.5 Å². The van der Waals surface area contributed by atoms with Crippen molar-refractivity contribution in [3.63, 3.8) is 0 Å². The number of amides is 1. The van der Waals surface area contributed by atoms with Gasteiger partial charge in [0.25, 0.3) is 5.56 Å². The molecule has 11 heteroatoms. The smallest absolute Gasteiger partial charge is 0.268 e. The second kappa shape index (κ2) is 9.85. The average molecular weight is 552 g/mol. The number of hydrogen-bond acceptors (Lipinski definition) is 7. The lowest BCUT2D eigenvalue weighted by Gasteiger charge is -2.12. The van der Waals surface area contributed by atoms with Crippen LogP contribution < -0.4 is 15.6 Å². The third kappa shape index (κ3) is 4.39. The van der Waals surface area contributed by atoms with Gasteiger partial charge < -0.3 is 10.1 Å². The Hall–Kier alpha value is -3.34. The zero-order chi connectivity index (χ0) is 25.5. The van der Waals surface area contributed by atoms with Crippen LogP contribution in [0.1, 0.15) is 23.3 Å². The van der Waals surface area contributed by atoms with Crippen molar-refractivity contribution in [2.75, 3.05) is 18.2 Å². The maximum Gasteiger partial charge on any atom is 0.268 e. The highest BCUT2D eigenvalue weighted by Crippen LogP contribution is 2.36. The van der Waals surface area contributed by atoms with E-state index in [9.17, 15) is 9.59 Å². The summed E-state index contributed by atoms with van der Waals surface area (Å²) in [6.45, 7) is 0. The molecule has 0 aliphatic heterocycles. The molecule has 0 saturated heterocycles. The van der Waals surface area contributed by atoms with Gasteiger partial charge in [-0.05, 0) is 79.8 Å². The first-order chi connectivity index (χ1) is 18.0. The Morgan fingerprint density at radius 3 is 2.62 bits per heavy atom. The molecule has 5 aromatic rings. The van der Waals surface area contributed by atoms with Gasteiger partial charge in [0.1, 0.15) is 10.6 Å². The minimum atomic E-state index is -0.167. The number of anilines is 1. The number of thiophene rings is 1. The molecule has 3 heterocycles. The van der Waals surface area contributed by atoms with Crippen LogP contribution in [0.25, 0.3) is 21.7 Å². The van der Waals surface area contributed by atoms with E-state index in [1.54, 1.807) is 71.5 Å². The fourth-order valence-corrected chi connectivity index (χ4v) is 6.93. The van der Waals surface area contributed by atoms with Gasteiger partial charge in [-0.25, -0.2) is 8.97 Å². The monoisotopic (exact) mass is 551 g/mol. The number of nitrogens with one attached hydrogen (secondary N) is 1. The molecule has 0 radical (unpaired) electrons. The summed E-state index contributed by atoms with van der Waals surface area (Å²) >= 11 is 9.03. The van der Waals surface area contributed by atoms with Gasteiger partial charge in [0.15, 0.2) is 5.16 Å². The molecule has 1 N–H and O–H groups in total. The minimum absolute atomic E-state index is 0.106. The van der Waals surface area contributed by atoms with Crippen molar-refractivity contribution in [2.24, 2.45) is 0 Å². The third-order valence-corrected chi connectivity index (χ3v) is 8.84. The number of halogens is 1. The molecule has 0 fully saturated rings. The number of thioether (sulfide) groups is 1. The summed E-state index contributed by atoms with van der Waals surface area (Å²) in [5.41, 5.74) is 2.37. The van der Waals surface area contributed by atoms with E-state index >= 15 is 0 Å². The van der Waals surface area contributed by atoms with Crippen molar-refractivity contribution in [1.29, 1.82) is 0 Å². The molecule has 0 bridgehead atoms. The van der Waals surface area contributed by atoms with E-state index in [1.165, 1.54) is 16.6 Å². The van der Waals surface area contributed by atoms with Crippen molar-refractivity contribution in [1.82, 2.24) is 19.2 Å². The summed E-state index contributed by atoms with van der Waals surface area (Å²) in [6, 6.07) is 14.3. The van der Waals surface area contributed by atoms with Crippen LogP contribution in [-0.2, 0) is 17.6 Å². The highest BCUT2D eigenvalue weighted by Gasteiger charge is 2.25. The molecule has 0 atom stereocenters. The largest absolute Gasteiger partial charge is 0.497 e. The summed E-state index contributed by atoms with van der Waals surface area (Å²) in [4.78, 5) is 28.6. The van der Waals surface area contributed by atoms with Gasteiger partial charge in [0.2, 0.25) is 11.7 Å². The van der Waals surface area contributed by atoms with E-state index in [0.717, 1.165) is 41.8 Å². The van der Waals surface area contributed by atoms with Crippen molar-refractivity contribution >= 4 is 62.3 Å². The molecule has 0 unspecified atom stereocenters. The lowest BCUT2D eigenvalue weighted by atomic mass is 9.97. The molecule has 8 nitrogen and oxygen atoms in total. The lowest BCUT2D eigenvalue weighted by Crippen LogP contribution is -2.22. The number of methoxy groups -OCH3 is 1. The van der Waals surface area contributed by atoms with Crippen LogP contribution in [0, 0.1) is 0 Å². The van der Waals surface area contributed by atoms with Crippen LogP contribution in [0.3, 0.4) is 0 Å². The number of aryl methyl sites for hydroxylation is 2. The van der Waals surface area contributed by atoms with Gasteiger partial charge in [0.05, 0.1) is 23.9 Å². The van der Waals surface area contributed by atoms with E-state index in [0.29, 0.717) is 32.7 Å². The van der Waals surface area contributed by atoms with Gasteiger partial charge in [0, 0.05) is 15.6 Å². The second-order valence-corrected chi connectivity index (χ2v) is 11.2. The summed E-state index contributed by atoms with van der Waals surface area (Å²) < 4.78 is 8.68. The standard InChI is InChI=1S/C26H22ClN5O3S2/c1-35-18-12-8-16(9-13-18)28-21(33)14-36-26-30-29-25-31(17-10-6-15(27)7-11-17)23(34)22-19-4-2-3-5-20(19)37-24(22)32(25)26/h6-13H,2-5,14H2,1H3,(H,28,33). The number of ether oxygens (including phenoxy) is 1. The summed E-state index contributed by atoms with van der Waals surface area (Å²) in [5.74, 6) is 1.10. The highest BCUT2D eigenvalue weighted by atomic mass is 35.5. The van der Waals surface area contributed by atoms with Crippen molar-refractivity contribution in [3.05, 3.63) is 74.3 Å². The zero-order valence-corrected chi connectivity index (χ0v) is 22.3. The lowest BCUT2D eigenvalue weighted by molar-refractivity contribution is -0.113. The van der Waals surface area contributed by atoms with E-state index in [2.05, 4.69) is 15.5 Å². The molecule has 6 rings (SSSR count). The van der Waals surface area contributed by atoms with Gasteiger partial charge in [-0.3, -0.25) is 9.59 Å². The number of carbonyl (C=O) groups excluding carboxylic acids is 1. The molecule has 0 saturated carbocycles. The first-order valence-corrected chi connectivity index (χ1v) is 14.0. The fourth-order valence-electron chi connectivity index (χ4n) is 4.63. The Labute approximate surface area is 225 Å². The van der Waals surface area contributed by atoms with Crippen LogP contribution >= 0.6 is 34.7 Å². The number of hydrogen-bond donors (Lipinski definition) is 1. The Morgan fingerprint density at radius 2 is 1.86 bits per heavy atom. The molecule has 188 valence electrons. The Bertz CT molecular complexity index is 1690. The van der Waals surface area contributed by atoms with E-state index in [1.807, 2.05) is 4.40 Å². The van der Waals surface area contributed by atoms with Crippen LogP contribution in [0.2, 0.25) is 5.02 Å². The Balaban J connectivity index is 1.41. The SMILES string of the molecule is COc1ccc(NC(=O)CSc2nnc3n(-c4ccc(Cl)cc4)c(=O)c4c5c(sc4n23)CCCC5)cc1. The van der Waals surface area contributed by atoms with Crippen molar-refractivity contribution in [2.45, 2.75) is 30.8 Å². The number of rotatable bonds is 6. The van der Waals surface area contributed by atoms with E-state index in [4.69, 9.17) is 16.3 Å². The molecule has 0 spiro atoms. The van der Waals surface area contributed by atoms with Gasteiger partial charge in [-0.1, -0.05) is 23.4 Å². The number of nitrogens with zero attached hydrogens (tertiary/aromatic N) is 4. The first kappa shape index (κ1) is 24.0. The highest BCUT2D eigenvalue weighted by molar-refractivity contribution is 7.99. The van der Waals surface area contributed by atoms with Gasteiger partial charge in [-0.2, -0.15) is 0 Å². The predicted molar refractivity (Wildman–Crippen MR) is 148 cm³/mol. The molecule has 2 aromatic carbocycles. The van der Waals surface area contributed by atoms with Crippen LogP contribution in [0.4, 0.5) is 5.69 Å². The molecular weight excluding hydrogens is 530 g/mol. The summed E-state index contributed by atoms with van der Waals surface area (Å²) in [6.07, 6.45) is 4.02. The number of aromatic nitrogens is 4. The van der Waals surface area contributed by atoms with E-state index < -0.39 is 0 Å². The quantitative estimate of drug-likeness (QED) is 0.285. The Morgan fingerprint density at radius 1 is 1.11 bits per heavy atom. The fraction of sp³-hybridized carbons (Fsp3) is 0.231. The molecular formula is C26H22ClN5O3S2. The molecule has 1 aliphatic carbocycles. The third-order valence-electron chi connectivity index (χ3n) is 6.38. The van der Waals surface area contributed by atoms with Crippen LogP contribution in [0.15, 0.2) is 58.5 Å². The van der Waals surface area contributed by atoms with Crippen LogP contribution in [0.5, 0.6) is 5.75 Å². The number of benzene rings is 2. The summed E-state index contributed by atoms with van der Waals surface area (Å²) in [5, 5.41) is 13.6. The molecule has 37 heavy (non-hydrogen) atoms. The Kier molecular flexibility index (Phi) is 6.39. The van der Waals surface area contributed by atoms with Crippen molar-refractivity contribution < 1.29 is 9.53 Å².